The fourth-order valence-electron chi connectivity index (χ4n) is 8.29. The zero-order valence-corrected chi connectivity index (χ0v) is 43.3. The van der Waals surface area contributed by atoms with Crippen molar-refractivity contribution in [3.8, 4) is 5.75 Å². The highest BCUT2D eigenvalue weighted by atomic mass is 28.4. The maximum Gasteiger partial charge on any atom is 0.311 e. The molecule has 10 nitrogen and oxygen atoms in total. The van der Waals surface area contributed by atoms with Crippen molar-refractivity contribution in [2.75, 3.05) is 13.7 Å². The summed E-state index contributed by atoms with van der Waals surface area (Å²) in [5.41, 5.74) is 1.98. The number of hydrogen-bond donors (Lipinski definition) is 1. The molecule has 0 unspecified atom stereocenters. The monoisotopic (exact) mass is 928 g/mol. The van der Waals surface area contributed by atoms with Gasteiger partial charge in [-0.05, 0) is 97.7 Å². The van der Waals surface area contributed by atoms with Crippen LogP contribution >= 0.6 is 0 Å². The van der Waals surface area contributed by atoms with Gasteiger partial charge < -0.3 is 37.3 Å². The average Bonchev–Trinajstić information content (AvgIpc) is 3.71. The molecule has 4 aromatic rings. The van der Waals surface area contributed by atoms with E-state index in [0.29, 0.717) is 56.7 Å². The first kappa shape index (κ1) is 52.1. The number of hydrogen-bond acceptors (Lipinski definition) is 10. The molecule has 1 N–H and O–H groups in total. The first-order chi connectivity index (χ1) is 30.5. The number of carbonyl (C=O) groups is 1. The highest BCUT2D eigenvalue weighted by Gasteiger charge is 2.52. The van der Waals surface area contributed by atoms with E-state index in [9.17, 15) is 9.90 Å². The molecule has 5 rings (SSSR count). The highest BCUT2D eigenvalue weighted by Crippen LogP contribution is 2.43. The predicted octanol–water partition coefficient (Wildman–Crippen LogP) is 11.0. The minimum Gasteiger partial charge on any atom is -0.497 e. The molecule has 2 heterocycles. The van der Waals surface area contributed by atoms with Crippen LogP contribution in [0.3, 0.4) is 0 Å². The number of aromatic nitrogens is 1. The van der Waals surface area contributed by atoms with Crippen molar-refractivity contribution >= 4 is 33.0 Å². The van der Waals surface area contributed by atoms with Gasteiger partial charge in [0.25, 0.3) is 8.32 Å². The lowest BCUT2D eigenvalue weighted by molar-refractivity contribution is -0.153. The van der Waals surface area contributed by atoms with Gasteiger partial charge in [-0.3, -0.25) is 4.79 Å². The predicted molar refractivity (Wildman–Crippen MR) is 263 cm³/mol. The third-order valence-corrected chi connectivity index (χ3v) is 22.4. The second-order valence-electron chi connectivity index (χ2n) is 21.4. The molecule has 0 aliphatic carbocycles. The zero-order valence-electron chi connectivity index (χ0n) is 41.3. The Labute approximate surface area is 391 Å². The van der Waals surface area contributed by atoms with Gasteiger partial charge in [-0.25, -0.2) is 4.98 Å². The summed E-state index contributed by atoms with van der Waals surface area (Å²) in [6.07, 6.45) is 2.74. The zero-order chi connectivity index (χ0) is 47.6. The molecular formula is C53H77NO9Si2. The smallest absolute Gasteiger partial charge is 0.311 e. The topological polar surface area (TPSA) is 119 Å². The highest BCUT2D eigenvalue weighted by molar-refractivity contribution is 6.99. The first-order valence-corrected chi connectivity index (χ1v) is 28.1. The van der Waals surface area contributed by atoms with Crippen LogP contribution in [0.2, 0.25) is 23.2 Å². The second-order valence-corrected chi connectivity index (χ2v) is 30.4. The molecule has 12 heteroatoms. The number of aliphatic hydroxyl groups is 1. The van der Waals surface area contributed by atoms with E-state index in [1.54, 1.807) is 13.4 Å². The van der Waals surface area contributed by atoms with Crippen molar-refractivity contribution in [3.05, 3.63) is 120 Å². The summed E-state index contributed by atoms with van der Waals surface area (Å²) in [4.78, 5) is 17.5. The summed E-state index contributed by atoms with van der Waals surface area (Å²) in [5.74, 6) is 1.02. The quantitative estimate of drug-likeness (QED) is 0.0491. The van der Waals surface area contributed by atoms with Gasteiger partial charge in [0.15, 0.2) is 8.32 Å². The Morgan fingerprint density at radius 3 is 2.02 bits per heavy atom. The molecule has 0 saturated carbocycles. The third kappa shape index (κ3) is 14.3. The van der Waals surface area contributed by atoms with E-state index in [-0.39, 0.29) is 47.6 Å². The average molecular weight is 928 g/mol. The van der Waals surface area contributed by atoms with Crippen LogP contribution in [0.1, 0.15) is 124 Å². The molecule has 65 heavy (non-hydrogen) atoms. The summed E-state index contributed by atoms with van der Waals surface area (Å²) < 4.78 is 44.4. The Kier molecular flexibility index (Phi) is 17.8. The van der Waals surface area contributed by atoms with Crippen LogP contribution in [0.5, 0.6) is 5.75 Å². The number of rotatable bonds is 21. The van der Waals surface area contributed by atoms with E-state index in [1.165, 1.54) is 10.4 Å². The van der Waals surface area contributed by atoms with Gasteiger partial charge in [-0.1, -0.05) is 126 Å². The van der Waals surface area contributed by atoms with Crippen molar-refractivity contribution in [3.63, 3.8) is 0 Å². The van der Waals surface area contributed by atoms with Crippen LogP contribution in [0.25, 0.3) is 0 Å². The Hall–Kier alpha value is -3.89. The van der Waals surface area contributed by atoms with Crippen molar-refractivity contribution in [2.45, 2.75) is 168 Å². The first-order valence-electron chi connectivity index (χ1n) is 23.3. The van der Waals surface area contributed by atoms with Gasteiger partial charge >= 0.3 is 5.97 Å². The van der Waals surface area contributed by atoms with Crippen molar-refractivity contribution < 1.29 is 42.1 Å². The lowest BCUT2D eigenvalue weighted by atomic mass is 9.93. The molecular weight excluding hydrogens is 851 g/mol. The Balaban J connectivity index is 1.36. The maximum atomic E-state index is 12.6. The van der Waals surface area contributed by atoms with Crippen molar-refractivity contribution in [2.24, 2.45) is 5.41 Å². The molecule has 356 valence electrons. The van der Waals surface area contributed by atoms with Gasteiger partial charge in [-0.15, -0.1) is 0 Å². The van der Waals surface area contributed by atoms with E-state index in [1.807, 2.05) is 45.0 Å². The van der Waals surface area contributed by atoms with E-state index < -0.39 is 34.3 Å². The molecule has 0 radical (unpaired) electrons. The van der Waals surface area contributed by atoms with E-state index in [0.717, 1.165) is 16.9 Å². The Morgan fingerprint density at radius 1 is 0.846 bits per heavy atom. The molecule has 1 aliphatic rings. The molecule has 1 fully saturated rings. The van der Waals surface area contributed by atoms with Gasteiger partial charge in [-0.2, -0.15) is 0 Å². The van der Waals surface area contributed by atoms with E-state index >= 15 is 0 Å². The molecule has 0 spiro atoms. The fraction of sp³-hybridized carbons (Fsp3) is 0.547. The van der Waals surface area contributed by atoms with Gasteiger partial charge in [0, 0.05) is 12.8 Å². The lowest BCUT2D eigenvalue weighted by Gasteiger charge is -2.47. The third-order valence-electron chi connectivity index (χ3n) is 12.8. The number of carbonyl (C=O) groups excluding carboxylic acids is 1. The number of nitrogens with zero attached hydrogens (tertiary/aromatic N) is 1. The summed E-state index contributed by atoms with van der Waals surface area (Å²) in [5, 5.41) is 14.0. The van der Waals surface area contributed by atoms with Gasteiger partial charge in [0.1, 0.15) is 30.4 Å². The molecule has 1 saturated heterocycles. The molecule has 0 bridgehead atoms. The summed E-state index contributed by atoms with van der Waals surface area (Å²) in [7, 11) is -3.47. The second kappa shape index (κ2) is 22.3. The summed E-state index contributed by atoms with van der Waals surface area (Å²) >= 11 is 0. The SMILES string of the molecule is C=C(C[C@H](O)C[C@@H]1C[C@@H](O[Si](c2ccccc2)(c2ccccc2)C(C)(C)C)C[C@H](c2coc(COCc3ccc(OC)cc3)n2)O1)C[C@H](CCOC(=O)C(C)(C)C)O[Si](C)(C)C(C)(C)C. The van der Waals surface area contributed by atoms with Gasteiger partial charge in [0.05, 0.1) is 50.2 Å². The molecule has 1 aliphatic heterocycles. The number of benzene rings is 3. The molecule has 0 amide bonds. The van der Waals surface area contributed by atoms with E-state index in [2.05, 4.69) is 122 Å². The summed E-state index contributed by atoms with van der Waals surface area (Å²) in [6.45, 7) is 28.8. The number of ether oxygens (including phenoxy) is 4. The standard InChI is InChI=1S/C53H77NO9Si2/c1-38(31-42(62-64(12,13)52(5,6)7)28-29-59-50(56)51(2,3)4)30-40(55)32-43-33-44(63-65(53(8,9)10,45-20-16-14-17-21-45)46-22-18-15-19-23-46)34-48(61-43)47-36-60-49(54-47)37-58-35-39-24-26-41(57-11)27-25-39/h14-27,36,40,42-44,48,55H,1,28-35,37H2,2-13H3/t40-,42-,43+,44+,48+/m0/s1. The number of esters is 1. The largest absolute Gasteiger partial charge is 0.497 e. The number of methoxy groups -OCH3 is 1. The van der Waals surface area contributed by atoms with E-state index in [4.69, 9.17) is 37.2 Å². The lowest BCUT2D eigenvalue weighted by Crippen LogP contribution is -2.68. The normalized spacial score (nSPS) is 18.5. The minimum atomic E-state index is -2.94. The molecule has 1 aromatic heterocycles. The number of aliphatic hydroxyl groups excluding tert-OH is 1. The van der Waals surface area contributed by atoms with Gasteiger partial charge in [0.2, 0.25) is 5.89 Å². The Morgan fingerprint density at radius 2 is 1.46 bits per heavy atom. The van der Waals surface area contributed by atoms with Crippen LogP contribution in [-0.4, -0.2) is 70.8 Å². The minimum absolute atomic E-state index is 0.00893. The van der Waals surface area contributed by atoms with Crippen LogP contribution in [0.4, 0.5) is 0 Å². The summed E-state index contributed by atoms with van der Waals surface area (Å²) in [6, 6.07) is 29.1. The number of oxazole rings is 1. The Bertz CT molecular complexity index is 2050. The van der Waals surface area contributed by atoms with Crippen LogP contribution in [0.15, 0.2) is 108 Å². The van der Waals surface area contributed by atoms with Crippen LogP contribution < -0.4 is 15.1 Å². The van der Waals surface area contributed by atoms with Crippen LogP contribution in [0, 0.1) is 5.41 Å². The molecule has 3 aromatic carbocycles. The van der Waals surface area contributed by atoms with Crippen molar-refractivity contribution in [1.29, 1.82) is 0 Å². The fourth-order valence-corrected chi connectivity index (χ4v) is 14.4. The molecule has 5 atom stereocenters. The van der Waals surface area contributed by atoms with Crippen molar-refractivity contribution in [1.82, 2.24) is 4.98 Å². The van der Waals surface area contributed by atoms with Crippen LogP contribution in [-0.2, 0) is 41.1 Å². The maximum absolute atomic E-state index is 12.6.